The highest BCUT2D eigenvalue weighted by atomic mass is 16.3. The Kier molecular flexibility index (Phi) is 5.86. The quantitative estimate of drug-likeness (QED) is 0.235. The zero-order valence-corrected chi connectivity index (χ0v) is 22.9. The third-order valence-electron chi connectivity index (χ3n) is 8.15. The first kappa shape index (κ1) is 24.3. The molecule has 1 atom stereocenters. The van der Waals surface area contributed by atoms with Crippen LogP contribution in [0.25, 0.3) is 50.1 Å². The minimum Gasteiger partial charge on any atom is -0.456 e. The van der Waals surface area contributed by atoms with E-state index in [0.717, 1.165) is 33.7 Å². The summed E-state index contributed by atoms with van der Waals surface area (Å²) in [6.07, 6.45) is 3.92. The van der Waals surface area contributed by atoms with Crippen LogP contribution in [0.1, 0.15) is 17.5 Å². The first-order valence-electron chi connectivity index (χ1n) is 14.3. The fourth-order valence-corrected chi connectivity index (χ4v) is 6.03. The Balaban J connectivity index is 1.22. The molecule has 3 nitrogen and oxygen atoms in total. The fraction of sp³-hybridized carbons (Fsp3) is 0.0256. The highest BCUT2D eigenvalue weighted by Gasteiger charge is 2.30. The van der Waals surface area contributed by atoms with Gasteiger partial charge in [0.1, 0.15) is 5.58 Å². The lowest BCUT2D eigenvalue weighted by Gasteiger charge is -2.34. The largest absolute Gasteiger partial charge is 0.456 e. The Labute approximate surface area is 245 Å². The van der Waals surface area contributed by atoms with Crippen molar-refractivity contribution in [1.29, 1.82) is 0 Å². The standard InChI is InChI=1S/C39H28N2O/c1-2-8-27(9-3-1)29-16-20-33(21-17-29)41(39-38-36(24-25-40-39)35-12-6-7-13-37(35)42-38)34-22-18-30(19-23-34)32-15-14-28-10-4-5-11-31(28)26-32/h1-26,39-40H. The zero-order valence-electron chi connectivity index (χ0n) is 22.9. The van der Waals surface area contributed by atoms with Crippen molar-refractivity contribution in [1.82, 2.24) is 5.32 Å². The molecule has 0 fully saturated rings. The van der Waals surface area contributed by atoms with E-state index in [-0.39, 0.29) is 6.17 Å². The minimum absolute atomic E-state index is 0.216. The maximum absolute atomic E-state index is 6.50. The van der Waals surface area contributed by atoms with Gasteiger partial charge in [-0.2, -0.15) is 0 Å². The molecule has 0 spiro atoms. The second-order valence-electron chi connectivity index (χ2n) is 10.7. The monoisotopic (exact) mass is 540 g/mol. The van der Waals surface area contributed by atoms with Gasteiger partial charge < -0.3 is 14.6 Å². The number of anilines is 2. The number of fused-ring (bicyclic) bond motifs is 4. The molecular formula is C39H28N2O. The van der Waals surface area contributed by atoms with E-state index in [2.05, 4.69) is 144 Å². The molecule has 200 valence electrons. The zero-order chi connectivity index (χ0) is 27.9. The molecule has 42 heavy (non-hydrogen) atoms. The van der Waals surface area contributed by atoms with E-state index in [1.54, 1.807) is 0 Å². The predicted molar refractivity (Wildman–Crippen MR) is 175 cm³/mol. The molecular weight excluding hydrogens is 512 g/mol. The van der Waals surface area contributed by atoms with Gasteiger partial charge in [-0.05, 0) is 81.7 Å². The van der Waals surface area contributed by atoms with Gasteiger partial charge in [-0.25, -0.2) is 0 Å². The summed E-state index contributed by atoms with van der Waals surface area (Å²) in [6.45, 7) is 0. The number of para-hydroxylation sites is 1. The molecule has 1 aliphatic heterocycles. The van der Waals surface area contributed by atoms with Crippen LogP contribution in [0.3, 0.4) is 0 Å². The molecule has 1 N–H and O–H groups in total. The molecule has 1 unspecified atom stereocenters. The first-order chi connectivity index (χ1) is 20.8. The number of hydrogen-bond donors (Lipinski definition) is 1. The minimum atomic E-state index is -0.216. The summed E-state index contributed by atoms with van der Waals surface area (Å²) in [5.41, 5.74) is 8.95. The molecule has 7 aromatic rings. The Morgan fingerprint density at radius 1 is 0.524 bits per heavy atom. The first-order valence-corrected chi connectivity index (χ1v) is 14.3. The normalized spacial score (nSPS) is 14.0. The van der Waals surface area contributed by atoms with E-state index in [0.29, 0.717) is 0 Å². The lowest BCUT2D eigenvalue weighted by Crippen LogP contribution is -2.34. The lowest BCUT2D eigenvalue weighted by molar-refractivity contribution is 0.462. The van der Waals surface area contributed by atoms with E-state index >= 15 is 0 Å². The molecule has 0 bridgehead atoms. The molecule has 1 aromatic heterocycles. The Morgan fingerprint density at radius 2 is 1.12 bits per heavy atom. The fourth-order valence-electron chi connectivity index (χ4n) is 6.03. The average molecular weight is 541 g/mol. The van der Waals surface area contributed by atoms with Crippen LogP contribution in [0.15, 0.2) is 156 Å². The van der Waals surface area contributed by atoms with Gasteiger partial charge in [0.05, 0.1) is 0 Å². The van der Waals surface area contributed by atoms with Crippen LogP contribution in [-0.4, -0.2) is 0 Å². The van der Waals surface area contributed by atoms with Crippen LogP contribution in [0.2, 0.25) is 0 Å². The molecule has 2 heterocycles. The van der Waals surface area contributed by atoms with Gasteiger partial charge in [0, 0.05) is 22.3 Å². The van der Waals surface area contributed by atoms with Crippen molar-refractivity contribution in [2.75, 3.05) is 4.90 Å². The van der Waals surface area contributed by atoms with Crippen LogP contribution >= 0.6 is 0 Å². The number of rotatable bonds is 5. The van der Waals surface area contributed by atoms with Gasteiger partial charge in [0.15, 0.2) is 11.9 Å². The summed E-state index contributed by atoms with van der Waals surface area (Å²) in [7, 11) is 0. The van der Waals surface area contributed by atoms with E-state index in [1.165, 1.54) is 33.0 Å². The SMILES string of the molecule is C1=Cc2c(oc3ccccc23)C(N(c2ccc(-c3ccccc3)cc2)c2ccc(-c3ccc4ccccc4c3)cc2)N1. The maximum Gasteiger partial charge on any atom is 0.164 e. The van der Waals surface area contributed by atoms with Crippen molar-refractivity contribution in [2.24, 2.45) is 0 Å². The molecule has 0 saturated carbocycles. The smallest absolute Gasteiger partial charge is 0.164 e. The third-order valence-corrected chi connectivity index (χ3v) is 8.15. The van der Waals surface area contributed by atoms with Crippen molar-refractivity contribution >= 4 is 39.2 Å². The van der Waals surface area contributed by atoms with Gasteiger partial charge in [0.25, 0.3) is 0 Å². The van der Waals surface area contributed by atoms with Crippen molar-refractivity contribution in [3.8, 4) is 22.3 Å². The summed E-state index contributed by atoms with van der Waals surface area (Å²) >= 11 is 0. The molecule has 6 aromatic carbocycles. The van der Waals surface area contributed by atoms with Crippen LogP contribution in [-0.2, 0) is 0 Å². The Hall–Kier alpha value is -5.54. The lowest BCUT2D eigenvalue weighted by atomic mass is 10.0. The summed E-state index contributed by atoms with van der Waals surface area (Å²) in [5.74, 6) is 0.907. The molecule has 0 amide bonds. The number of furan rings is 1. The Bertz CT molecular complexity index is 2050. The highest BCUT2D eigenvalue weighted by molar-refractivity contribution is 5.90. The average Bonchev–Trinajstić information content (AvgIpc) is 3.45. The molecule has 0 saturated heterocycles. The summed E-state index contributed by atoms with van der Waals surface area (Å²) in [6, 6.07) is 51.5. The van der Waals surface area contributed by atoms with Crippen molar-refractivity contribution in [2.45, 2.75) is 6.17 Å². The highest BCUT2D eigenvalue weighted by Crippen LogP contribution is 2.41. The second kappa shape index (κ2) is 10.1. The number of benzene rings is 6. The van der Waals surface area contributed by atoms with Gasteiger partial charge in [0.2, 0.25) is 0 Å². The second-order valence-corrected chi connectivity index (χ2v) is 10.7. The number of nitrogens with zero attached hydrogens (tertiary/aromatic N) is 1. The summed E-state index contributed by atoms with van der Waals surface area (Å²) in [4.78, 5) is 2.32. The number of nitrogens with one attached hydrogen (secondary N) is 1. The van der Waals surface area contributed by atoms with Crippen LogP contribution < -0.4 is 10.2 Å². The topological polar surface area (TPSA) is 28.4 Å². The maximum atomic E-state index is 6.50. The Morgan fingerprint density at radius 3 is 1.88 bits per heavy atom. The van der Waals surface area contributed by atoms with Crippen molar-refractivity contribution < 1.29 is 4.42 Å². The molecule has 0 radical (unpaired) electrons. The number of hydrogen-bond acceptors (Lipinski definition) is 3. The third kappa shape index (κ3) is 4.23. The summed E-state index contributed by atoms with van der Waals surface area (Å²) in [5, 5.41) is 7.22. The van der Waals surface area contributed by atoms with Crippen molar-refractivity contribution in [3.63, 3.8) is 0 Å². The molecule has 8 rings (SSSR count). The molecule has 1 aliphatic rings. The van der Waals surface area contributed by atoms with E-state index < -0.39 is 0 Å². The molecule has 3 heteroatoms. The van der Waals surface area contributed by atoms with E-state index in [1.807, 2.05) is 24.4 Å². The van der Waals surface area contributed by atoms with Crippen LogP contribution in [0.5, 0.6) is 0 Å². The predicted octanol–water partition coefficient (Wildman–Crippen LogP) is 10.3. The van der Waals surface area contributed by atoms with E-state index in [4.69, 9.17) is 4.42 Å². The van der Waals surface area contributed by atoms with Gasteiger partial charge in [-0.1, -0.05) is 109 Å². The van der Waals surface area contributed by atoms with Gasteiger partial charge in [-0.15, -0.1) is 0 Å². The summed E-state index contributed by atoms with van der Waals surface area (Å²) < 4.78 is 6.50. The van der Waals surface area contributed by atoms with Crippen molar-refractivity contribution in [3.05, 3.63) is 163 Å². The van der Waals surface area contributed by atoms with Crippen LogP contribution in [0.4, 0.5) is 11.4 Å². The van der Waals surface area contributed by atoms with Gasteiger partial charge in [-0.3, -0.25) is 0 Å². The van der Waals surface area contributed by atoms with Gasteiger partial charge >= 0.3 is 0 Å². The molecule has 0 aliphatic carbocycles. The van der Waals surface area contributed by atoms with Crippen LogP contribution in [0, 0.1) is 0 Å². The van der Waals surface area contributed by atoms with E-state index in [9.17, 15) is 0 Å².